The van der Waals surface area contributed by atoms with Gasteiger partial charge < -0.3 is 29.5 Å². The number of methoxy groups -OCH3 is 2. The Morgan fingerprint density at radius 1 is 1.00 bits per heavy atom. The quantitative estimate of drug-likeness (QED) is 0.531. The molecule has 96 valence electrons. The minimum absolute atomic E-state index is 0.175. The molecule has 1 fully saturated rings. The molecule has 0 radical (unpaired) electrons. The maximum absolute atomic E-state index is 9.89. The van der Waals surface area contributed by atoms with Crippen LogP contribution < -0.4 is 0 Å². The summed E-state index contributed by atoms with van der Waals surface area (Å²) in [5.41, 5.74) is 0. The van der Waals surface area contributed by atoms with Gasteiger partial charge in [0.05, 0.1) is 32.0 Å². The number of hydrogen-bond acceptors (Lipinski definition) is 6. The highest BCUT2D eigenvalue weighted by Crippen LogP contribution is 2.26. The van der Waals surface area contributed by atoms with E-state index in [4.69, 9.17) is 19.3 Å². The average molecular weight is 236 g/mol. The van der Waals surface area contributed by atoms with Crippen molar-refractivity contribution in [2.24, 2.45) is 5.92 Å². The first-order chi connectivity index (χ1) is 7.65. The van der Waals surface area contributed by atoms with Gasteiger partial charge in [0.25, 0.3) is 0 Å². The Morgan fingerprint density at radius 3 is 2.12 bits per heavy atom. The van der Waals surface area contributed by atoms with Crippen molar-refractivity contribution >= 4 is 0 Å². The second-order valence-electron chi connectivity index (χ2n) is 3.95. The van der Waals surface area contributed by atoms with Crippen molar-refractivity contribution in [1.82, 2.24) is 0 Å². The van der Waals surface area contributed by atoms with Crippen LogP contribution in [0.4, 0.5) is 0 Å². The van der Waals surface area contributed by atoms with Crippen LogP contribution >= 0.6 is 0 Å². The molecule has 0 aromatic carbocycles. The highest BCUT2D eigenvalue weighted by molar-refractivity contribution is 4.91. The molecule has 0 amide bonds. The van der Waals surface area contributed by atoms with Crippen LogP contribution in [0.2, 0.25) is 0 Å². The topological polar surface area (TPSA) is 88.4 Å². The monoisotopic (exact) mass is 236 g/mol. The SMILES string of the molecule is COCC1C(CO)O[C@H](COC)C(O)C1O. The van der Waals surface area contributed by atoms with Crippen molar-refractivity contribution in [2.75, 3.05) is 34.0 Å². The van der Waals surface area contributed by atoms with Crippen LogP contribution in [0.15, 0.2) is 0 Å². The number of rotatable bonds is 5. The van der Waals surface area contributed by atoms with E-state index in [0.717, 1.165) is 0 Å². The summed E-state index contributed by atoms with van der Waals surface area (Å²) in [5, 5.41) is 28.8. The summed E-state index contributed by atoms with van der Waals surface area (Å²) in [6.45, 7) is 0.176. The molecule has 0 bridgehead atoms. The lowest BCUT2D eigenvalue weighted by atomic mass is 9.87. The van der Waals surface area contributed by atoms with E-state index < -0.39 is 30.3 Å². The molecule has 0 spiro atoms. The van der Waals surface area contributed by atoms with Crippen molar-refractivity contribution in [3.05, 3.63) is 0 Å². The van der Waals surface area contributed by atoms with E-state index in [0.29, 0.717) is 0 Å². The van der Waals surface area contributed by atoms with Gasteiger partial charge in [-0.25, -0.2) is 0 Å². The third-order valence-corrected chi connectivity index (χ3v) is 2.87. The van der Waals surface area contributed by atoms with Crippen molar-refractivity contribution in [2.45, 2.75) is 24.4 Å². The fraction of sp³-hybridized carbons (Fsp3) is 1.00. The first-order valence-electron chi connectivity index (χ1n) is 5.26. The number of hydrogen-bond donors (Lipinski definition) is 3. The summed E-state index contributed by atoms with van der Waals surface area (Å²) in [5.74, 6) is -0.432. The Labute approximate surface area is 94.7 Å². The lowest BCUT2D eigenvalue weighted by Gasteiger charge is -2.41. The van der Waals surface area contributed by atoms with Crippen molar-refractivity contribution in [1.29, 1.82) is 0 Å². The largest absolute Gasteiger partial charge is 0.394 e. The van der Waals surface area contributed by atoms with Crippen LogP contribution in [0.5, 0.6) is 0 Å². The summed E-state index contributed by atoms with van der Waals surface area (Å²) >= 11 is 0. The highest BCUT2D eigenvalue weighted by Gasteiger charge is 2.43. The van der Waals surface area contributed by atoms with Gasteiger partial charge in [0.2, 0.25) is 0 Å². The molecule has 1 heterocycles. The number of aliphatic hydroxyl groups excluding tert-OH is 3. The summed E-state index contributed by atoms with van der Waals surface area (Å²) < 4.78 is 15.3. The van der Waals surface area contributed by atoms with Gasteiger partial charge in [0.15, 0.2) is 0 Å². The van der Waals surface area contributed by atoms with Gasteiger partial charge in [-0.05, 0) is 0 Å². The normalized spacial score (nSPS) is 39.9. The summed E-state index contributed by atoms with van der Waals surface area (Å²) in [6.07, 6.45) is -3.17. The predicted octanol–water partition coefficient (Wildman–Crippen LogP) is -1.62. The van der Waals surface area contributed by atoms with Gasteiger partial charge >= 0.3 is 0 Å². The van der Waals surface area contributed by atoms with E-state index in [9.17, 15) is 10.2 Å². The predicted molar refractivity (Wildman–Crippen MR) is 55.0 cm³/mol. The van der Waals surface area contributed by atoms with Crippen LogP contribution in [0.1, 0.15) is 0 Å². The van der Waals surface area contributed by atoms with E-state index in [1.807, 2.05) is 0 Å². The summed E-state index contributed by atoms with van der Waals surface area (Å²) in [6, 6.07) is 0. The van der Waals surface area contributed by atoms with E-state index >= 15 is 0 Å². The van der Waals surface area contributed by atoms with Crippen LogP contribution in [-0.4, -0.2) is 73.8 Å². The molecule has 1 saturated heterocycles. The molecule has 0 aromatic heterocycles. The second kappa shape index (κ2) is 6.48. The third kappa shape index (κ3) is 2.91. The van der Waals surface area contributed by atoms with Gasteiger partial charge in [-0.1, -0.05) is 0 Å². The second-order valence-corrected chi connectivity index (χ2v) is 3.95. The van der Waals surface area contributed by atoms with Gasteiger partial charge in [0, 0.05) is 20.1 Å². The van der Waals surface area contributed by atoms with Crippen molar-refractivity contribution in [3.8, 4) is 0 Å². The molecule has 1 aliphatic rings. The van der Waals surface area contributed by atoms with E-state index in [1.165, 1.54) is 14.2 Å². The van der Waals surface area contributed by atoms with Crippen LogP contribution in [-0.2, 0) is 14.2 Å². The minimum atomic E-state index is -1.03. The molecular weight excluding hydrogens is 216 g/mol. The zero-order valence-corrected chi connectivity index (χ0v) is 9.57. The van der Waals surface area contributed by atoms with E-state index in [1.54, 1.807) is 0 Å². The van der Waals surface area contributed by atoms with E-state index in [2.05, 4.69) is 0 Å². The van der Waals surface area contributed by atoms with Gasteiger partial charge in [0.1, 0.15) is 12.2 Å². The zero-order chi connectivity index (χ0) is 12.1. The van der Waals surface area contributed by atoms with Gasteiger partial charge in [-0.3, -0.25) is 0 Å². The number of ether oxygens (including phenoxy) is 3. The van der Waals surface area contributed by atoms with Crippen LogP contribution in [0, 0.1) is 5.92 Å². The molecule has 1 aliphatic heterocycles. The highest BCUT2D eigenvalue weighted by atomic mass is 16.6. The Hall–Kier alpha value is -0.240. The first kappa shape index (κ1) is 13.8. The molecule has 6 heteroatoms. The van der Waals surface area contributed by atoms with Crippen LogP contribution in [0.3, 0.4) is 0 Å². The van der Waals surface area contributed by atoms with Gasteiger partial charge in [-0.15, -0.1) is 0 Å². The lowest BCUT2D eigenvalue weighted by molar-refractivity contribution is -0.225. The van der Waals surface area contributed by atoms with Crippen LogP contribution in [0.25, 0.3) is 0 Å². The fourth-order valence-electron chi connectivity index (χ4n) is 1.98. The maximum Gasteiger partial charge on any atom is 0.110 e. The Morgan fingerprint density at radius 2 is 1.62 bits per heavy atom. The first-order valence-corrected chi connectivity index (χ1v) is 5.26. The minimum Gasteiger partial charge on any atom is -0.394 e. The molecule has 0 aromatic rings. The Kier molecular flexibility index (Phi) is 5.60. The molecule has 3 N–H and O–H groups in total. The molecule has 6 nitrogen and oxygen atoms in total. The fourth-order valence-corrected chi connectivity index (χ4v) is 1.98. The van der Waals surface area contributed by atoms with Crippen molar-refractivity contribution < 1.29 is 29.5 Å². The molecule has 4 unspecified atom stereocenters. The Bertz CT molecular complexity index is 198. The molecular formula is C10H20O6. The Balaban J connectivity index is 2.68. The molecule has 1 rings (SSSR count). The lowest BCUT2D eigenvalue weighted by Crippen LogP contribution is -2.57. The van der Waals surface area contributed by atoms with E-state index in [-0.39, 0.29) is 19.8 Å². The smallest absolute Gasteiger partial charge is 0.110 e. The zero-order valence-electron chi connectivity index (χ0n) is 9.57. The molecule has 5 atom stereocenters. The third-order valence-electron chi connectivity index (χ3n) is 2.87. The van der Waals surface area contributed by atoms with Gasteiger partial charge in [-0.2, -0.15) is 0 Å². The summed E-state index contributed by atoms with van der Waals surface area (Å²) in [7, 11) is 2.98. The average Bonchev–Trinajstić information content (AvgIpc) is 2.29. The summed E-state index contributed by atoms with van der Waals surface area (Å²) in [4.78, 5) is 0. The number of aliphatic hydroxyl groups is 3. The van der Waals surface area contributed by atoms with Crippen molar-refractivity contribution in [3.63, 3.8) is 0 Å². The maximum atomic E-state index is 9.89. The molecule has 0 aliphatic carbocycles. The molecule has 16 heavy (non-hydrogen) atoms. The standard InChI is InChI=1S/C10H20O6/c1-14-4-6-7(3-11)16-8(5-15-2)10(13)9(6)12/h6-13H,3-5H2,1-2H3/t6?,7?,8-,9?,10?/m1/s1. The molecule has 0 saturated carbocycles.